The Bertz CT molecular complexity index is 1470. The molecule has 0 aromatic heterocycles. The van der Waals surface area contributed by atoms with Crippen LogP contribution in [-0.4, -0.2) is 18.2 Å². The van der Waals surface area contributed by atoms with Gasteiger partial charge in [-0.05, 0) is 69.5 Å². The highest BCUT2D eigenvalue weighted by Gasteiger charge is 2.51. The molecule has 6 heteroatoms. The lowest BCUT2D eigenvalue weighted by atomic mass is 9.78. The second-order valence-electron chi connectivity index (χ2n) is 12.9. The van der Waals surface area contributed by atoms with Crippen molar-refractivity contribution in [2.45, 2.75) is 58.0 Å². The summed E-state index contributed by atoms with van der Waals surface area (Å²) in [5.74, 6) is 0.313. The molecule has 1 fully saturated rings. The number of hydrogen-bond acceptors (Lipinski definition) is 2. The number of phenols is 1. The van der Waals surface area contributed by atoms with E-state index in [1.54, 1.807) is 0 Å². The van der Waals surface area contributed by atoms with E-state index in [-0.39, 0.29) is 10.8 Å². The van der Waals surface area contributed by atoms with E-state index in [0.717, 1.165) is 33.6 Å². The van der Waals surface area contributed by atoms with E-state index >= 15 is 4.57 Å². The summed E-state index contributed by atoms with van der Waals surface area (Å²) in [5, 5.41) is 12.2. The minimum Gasteiger partial charge on any atom is -0.507 e. The molecule has 0 spiro atoms. The van der Waals surface area contributed by atoms with Gasteiger partial charge in [0.25, 0.3) is 7.44 Å². The van der Waals surface area contributed by atoms with Gasteiger partial charge in [0.15, 0.2) is 0 Å². The summed E-state index contributed by atoms with van der Waals surface area (Å²) in [6.07, 6.45) is 0. The van der Waals surface area contributed by atoms with Gasteiger partial charge in [0, 0.05) is 29.5 Å². The van der Waals surface area contributed by atoms with Crippen LogP contribution in [0.3, 0.4) is 0 Å². The van der Waals surface area contributed by atoms with Crippen molar-refractivity contribution < 1.29 is 9.67 Å². The molecule has 5 rings (SSSR count). The Morgan fingerprint density at radius 2 is 1.10 bits per heavy atom. The quantitative estimate of drug-likeness (QED) is 0.236. The van der Waals surface area contributed by atoms with Gasteiger partial charge in [-0.25, -0.2) is 0 Å². The van der Waals surface area contributed by atoms with Gasteiger partial charge in [0.1, 0.15) is 5.75 Å². The van der Waals surface area contributed by atoms with Crippen LogP contribution in [0.15, 0.2) is 97.1 Å². The monoisotopic (exact) mass is 586 g/mol. The van der Waals surface area contributed by atoms with Crippen LogP contribution in [-0.2, 0) is 15.4 Å². The fraction of sp³-hybridized carbons (Fsp3) is 0.314. The summed E-state index contributed by atoms with van der Waals surface area (Å²) in [4.78, 5) is 0. The Morgan fingerprint density at radius 1 is 0.683 bits per heavy atom. The van der Waals surface area contributed by atoms with Crippen LogP contribution in [0.1, 0.15) is 69.5 Å². The molecule has 0 radical (unpaired) electrons. The predicted molar refractivity (Wildman–Crippen MR) is 174 cm³/mol. The van der Waals surface area contributed by atoms with Crippen LogP contribution in [0.25, 0.3) is 0 Å². The topological polar surface area (TPSA) is 43.8 Å². The third kappa shape index (κ3) is 5.53. The summed E-state index contributed by atoms with van der Waals surface area (Å²) < 4.78 is 20.4. The van der Waals surface area contributed by atoms with Crippen LogP contribution >= 0.6 is 19.0 Å². The summed E-state index contributed by atoms with van der Waals surface area (Å²) in [5.41, 5.74) is 4.24. The van der Waals surface area contributed by atoms with Crippen LogP contribution in [0.5, 0.6) is 5.75 Å². The largest absolute Gasteiger partial charge is 0.507 e. The molecule has 1 heterocycles. The molecule has 0 saturated carbocycles. The molecule has 1 saturated heterocycles. The number of hydrogen-bond donors (Lipinski definition) is 1. The van der Waals surface area contributed by atoms with Crippen molar-refractivity contribution in [3.8, 4) is 5.75 Å². The van der Waals surface area contributed by atoms with E-state index in [1.807, 2.05) is 84.9 Å². The van der Waals surface area contributed by atoms with E-state index in [4.69, 9.17) is 11.6 Å². The van der Waals surface area contributed by atoms with Gasteiger partial charge in [-0.15, -0.1) is 0 Å². The predicted octanol–water partition coefficient (Wildman–Crippen LogP) is 9.95. The lowest BCUT2D eigenvalue weighted by Gasteiger charge is -2.39. The maximum Gasteiger partial charge on any atom is 0.274 e. The Labute approximate surface area is 250 Å². The van der Waals surface area contributed by atoms with Gasteiger partial charge in [-0.2, -0.15) is 0 Å². The molecule has 1 atom stereocenters. The molecule has 41 heavy (non-hydrogen) atoms. The first kappa shape index (κ1) is 29.3. The zero-order chi connectivity index (χ0) is 29.6. The van der Waals surface area contributed by atoms with E-state index in [1.165, 1.54) is 0 Å². The minimum atomic E-state index is -3.42. The van der Waals surface area contributed by atoms with Crippen molar-refractivity contribution in [2.75, 3.05) is 22.4 Å². The van der Waals surface area contributed by atoms with Gasteiger partial charge in [0.05, 0.1) is 5.66 Å². The van der Waals surface area contributed by atoms with Crippen molar-refractivity contribution in [3.63, 3.8) is 0 Å². The van der Waals surface area contributed by atoms with Crippen molar-refractivity contribution in [1.29, 1.82) is 0 Å². The number of rotatable bonds is 5. The highest BCUT2D eigenvalue weighted by atomic mass is 35.5. The number of phenolic OH excluding ortho intramolecular Hbond substituents is 1. The number of benzene rings is 4. The molecule has 4 aromatic carbocycles. The zero-order valence-electron chi connectivity index (χ0n) is 24.8. The van der Waals surface area contributed by atoms with E-state index in [0.29, 0.717) is 23.9 Å². The van der Waals surface area contributed by atoms with Crippen molar-refractivity contribution in [3.05, 3.63) is 124 Å². The molecule has 4 nitrogen and oxygen atoms in total. The molecule has 0 amide bonds. The molecule has 1 N–H and O–H groups in total. The van der Waals surface area contributed by atoms with E-state index in [2.05, 4.69) is 63.0 Å². The Kier molecular flexibility index (Phi) is 7.78. The van der Waals surface area contributed by atoms with E-state index < -0.39 is 13.1 Å². The minimum absolute atomic E-state index is 0.313. The van der Waals surface area contributed by atoms with Gasteiger partial charge >= 0.3 is 0 Å². The summed E-state index contributed by atoms with van der Waals surface area (Å²) in [6.45, 7) is 13.9. The Hall–Kier alpha value is -3.20. The number of halogens is 1. The molecular weight excluding hydrogens is 547 g/mol. The number of aromatic hydroxyl groups is 1. The standard InChI is InChI=1S/C35H40ClN2O2P/c1-34(2,3)30-23-26(24-31(32(30)39)35(4,5)6)33(25-17-19-27(36)20-18-25)41(40)37(28-13-9-7-10-14-28)21-22-38(41)29-15-11-8-12-16-29/h7-20,23-24,33,39H,21-22H2,1-6H3. The van der Waals surface area contributed by atoms with E-state index in [9.17, 15) is 5.11 Å². The highest BCUT2D eigenvalue weighted by molar-refractivity contribution is 7.68. The molecular formula is C35H40ClN2O2P. The van der Waals surface area contributed by atoms with Crippen LogP contribution in [0.4, 0.5) is 11.4 Å². The molecule has 4 aromatic rings. The van der Waals surface area contributed by atoms with Crippen molar-refractivity contribution in [2.24, 2.45) is 0 Å². The zero-order valence-corrected chi connectivity index (χ0v) is 26.5. The Morgan fingerprint density at radius 3 is 1.49 bits per heavy atom. The maximum absolute atomic E-state index is 16.2. The fourth-order valence-electron chi connectivity index (χ4n) is 5.86. The molecule has 1 aliphatic rings. The van der Waals surface area contributed by atoms with Crippen molar-refractivity contribution in [1.82, 2.24) is 0 Å². The molecule has 1 unspecified atom stereocenters. The van der Waals surface area contributed by atoms with Gasteiger partial charge in [-0.3, -0.25) is 4.57 Å². The highest BCUT2D eigenvalue weighted by Crippen LogP contribution is 2.71. The average Bonchev–Trinajstić information content (AvgIpc) is 3.27. The molecule has 1 aliphatic heterocycles. The maximum atomic E-state index is 16.2. The Balaban J connectivity index is 1.86. The first-order chi connectivity index (χ1) is 19.3. The SMILES string of the molecule is CC(C)(C)c1cc(C(c2ccc(Cl)cc2)P2(=O)N(c3ccccc3)CCN2c2ccccc2)cc(C(C)(C)C)c1O. The second-order valence-corrected chi connectivity index (χ2v) is 16.0. The third-order valence-electron chi connectivity index (χ3n) is 7.91. The lowest BCUT2D eigenvalue weighted by molar-refractivity contribution is 0.422. The van der Waals surface area contributed by atoms with Crippen molar-refractivity contribution >= 4 is 30.4 Å². The number of para-hydroxylation sites is 2. The molecule has 214 valence electrons. The van der Waals surface area contributed by atoms with Crippen LogP contribution in [0.2, 0.25) is 5.02 Å². The normalized spacial score (nSPS) is 16.2. The molecule has 0 aliphatic carbocycles. The summed E-state index contributed by atoms with van der Waals surface area (Å²) in [7, 11) is -3.42. The number of nitrogens with zero attached hydrogens (tertiary/aromatic N) is 2. The first-order valence-corrected chi connectivity index (χ1v) is 16.3. The fourth-order valence-corrected chi connectivity index (χ4v) is 9.58. The first-order valence-electron chi connectivity index (χ1n) is 14.2. The van der Waals surface area contributed by atoms with Crippen LogP contribution in [0, 0.1) is 0 Å². The molecule has 0 bridgehead atoms. The lowest BCUT2D eigenvalue weighted by Crippen LogP contribution is -2.26. The second kappa shape index (κ2) is 10.9. The smallest absolute Gasteiger partial charge is 0.274 e. The summed E-state index contributed by atoms with van der Waals surface area (Å²) >= 11 is 6.37. The third-order valence-corrected chi connectivity index (χ3v) is 11.7. The number of anilines is 2. The van der Waals surface area contributed by atoms with Gasteiger partial charge < -0.3 is 14.4 Å². The van der Waals surface area contributed by atoms with Gasteiger partial charge in [-0.1, -0.05) is 114 Å². The van der Waals surface area contributed by atoms with Crippen LogP contribution < -0.4 is 9.34 Å². The van der Waals surface area contributed by atoms with Gasteiger partial charge in [0.2, 0.25) is 0 Å². The summed E-state index contributed by atoms with van der Waals surface area (Å²) in [6, 6.07) is 32.0. The average molecular weight is 587 g/mol.